The van der Waals surface area contributed by atoms with Crippen molar-refractivity contribution < 1.29 is 9.84 Å². The van der Waals surface area contributed by atoms with Crippen LogP contribution >= 0.6 is 0 Å². The molecule has 1 unspecified atom stereocenters. The number of hydrogen-bond donors (Lipinski definition) is 2. The van der Waals surface area contributed by atoms with Crippen molar-refractivity contribution in [2.45, 2.75) is 20.0 Å². The number of likely N-dealkylation sites (N-methyl/N-ethyl adjacent to an activating group) is 1. The summed E-state index contributed by atoms with van der Waals surface area (Å²) in [5.41, 5.74) is 6.29. The number of nitrogens with zero attached hydrogens (tertiary/aromatic N) is 1. The molecule has 0 bridgehead atoms. The Morgan fingerprint density at radius 1 is 1.22 bits per heavy atom. The highest BCUT2D eigenvalue weighted by Crippen LogP contribution is 2.13. The zero-order chi connectivity index (χ0) is 13.5. The third-order valence-corrected chi connectivity index (χ3v) is 2.52. The topological polar surface area (TPSA) is 58.7 Å². The summed E-state index contributed by atoms with van der Waals surface area (Å²) in [6, 6.07) is 7.18. The van der Waals surface area contributed by atoms with Crippen molar-refractivity contribution in [3.63, 3.8) is 0 Å². The summed E-state index contributed by atoms with van der Waals surface area (Å²) in [6.45, 7) is 6.21. The standard InChI is InChI=1S/C14H24N2O2/c1-11(2)8-16(3)9-13(17)10-18-14-6-4-12(15)5-7-14/h4-7,11,13,17H,8-10,15H2,1-3H3. The van der Waals surface area contributed by atoms with Gasteiger partial charge in [-0.2, -0.15) is 0 Å². The summed E-state index contributed by atoms with van der Waals surface area (Å²) < 4.78 is 5.50. The zero-order valence-electron chi connectivity index (χ0n) is 11.5. The Bertz CT molecular complexity index is 338. The normalized spacial score (nSPS) is 13.0. The van der Waals surface area contributed by atoms with Gasteiger partial charge in [-0.25, -0.2) is 0 Å². The number of rotatable bonds is 7. The maximum atomic E-state index is 9.86. The Hall–Kier alpha value is -1.26. The molecule has 102 valence electrons. The minimum atomic E-state index is -0.480. The van der Waals surface area contributed by atoms with Crippen LogP contribution in [0.25, 0.3) is 0 Å². The molecular formula is C14H24N2O2. The Morgan fingerprint density at radius 3 is 2.39 bits per heavy atom. The van der Waals surface area contributed by atoms with Crippen LogP contribution in [0.2, 0.25) is 0 Å². The molecule has 4 nitrogen and oxygen atoms in total. The lowest BCUT2D eigenvalue weighted by Gasteiger charge is -2.22. The molecule has 0 saturated carbocycles. The highest BCUT2D eigenvalue weighted by atomic mass is 16.5. The van der Waals surface area contributed by atoms with E-state index >= 15 is 0 Å². The van der Waals surface area contributed by atoms with Gasteiger partial charge in [0.1, 0.15) is 18.5 Å². The molecular weight excluding hydrogens is 228 g/mol. The van der Waals surface area contributed by atoms with Crippen LogP contribution in [0.15, 0.2) is 24.3 Å². The predicted molar refractivity (Wildman–Crippen MR) is 74.7 cm³/mol. The fourth-order valence-electron chi connectivity index (χ4n) is 1.87. The first-order valence-corrected chi connectivity index (χ1v) is 6.32. The maximum Gasteiger partial charge on any atom is 0.119 e. The summed E-state index contributed by atoms with van der Waals surface area (Å²) in [4.78, 5) is 2.11. The number of ether oxygens (including phenoxy) is 1. The van der Waals surface area contributed by atoms with Crippen LogP contribution in [0.4, 0.5) is 5.69 Å². The second-order valence-electron chi connectivity index (χ2n) is 5.15. The smallest absolute Gasteiger partial charge is 0.119 e. The van der Waals surface area contributed by atoms with Gasteiger partial charge in [-0.05, 0) is 37.2 Å². The van der Waals surface area contributed by atoms with Crippen molar-refractivity contribution in [2.75, 3.05) is 32.5 Å². The van der Waals surface area contributed by atoms with Crippen LogP contribution in [-0.4, -0.2) is 42.9 Å². The minimum Gasteiger partial charge on any atom is -0.491 e. The van der Waals surface area contributed by atoms with E-state index in [2.05, 4.69) is 18.7 Å². The molecule has 0 spiro atoms. The van der Waals surface area contributed by atoms with Gasteiger partial charge in [0.25, 0.3) is 0 Å². The van der Waals surface area contributed by atoms with Gasteiger partial charge in [0.2, 0.25) is 0 Å². The van der Waals surface area contributed by atoms with E-state index in [-0.39, 0.29) is 0 Å². The van der Waals surface area contributed by atoms with Crippen molar-refractivity contribution in [3.8, 4) is 5.75 Å². The third-order valence-electron chi connectivity index (χ3n) is 2.52. The highest BCUT2D eigenvalue weighted by molar-refractivity contribution is 5.41. The second-order valence-corrected chi connectivity index (χ2v) is 5.15. The van der Waals surface area contributed by atoms with Gasteiger partial charge in [0.15, 0.2) is 0 Å². The molecule has 1 aromatic rings. The average molecular weight is 252 g/mol. The quantitative estimate of drug-likeness (QED) is 0.724. The number of aliphatic hydroxyl groups is 1. The molecule has 1 aromatic carbocycles. The van der Waals surface area contributed by atoms with Gasteiger partial charge >= 0.3 is 0 Å². The van der Waals surface area contributed by atoms with E-state index in [0.717, 1.165) is 12.3 Å². The largest absolute Gasteiger partial charge is 0.491 e. The van der Waals surface area contributed by atoms with E-state index < -0.39 is 6.10 Å². The molecule has 0 amide bonds. The van der Waals surface area contributed by atoms with Crippen LogP contribution in [0, 0.1) is 5.92 Å². The first kappa shape index (κ1) is 14.8. The summed E-state index contributed by atoms with van der Waals surface area (Å²) in [6.07, 6.45) is -0.480. The molecule has 0 radical (unpaired) electrons. The number of aliphatic hydroxyl groups excluding tert-OH is 1. The fraction of sp³-hybridized carbons (Fsp3) is 0.571. The van der Waals surface area contributed by atoms with Crippen molar-refractivity contribution in [3.05, 3.63) is 24.3 Å². The number of hydrogen-bond acceptors (Lipinski definition) is 4. The van der Waals surface area contributed by atoms with Crippen molar-refractivity contribution in [1.82, 2.24) is 4.90 Å². The van der Waals surface area contributed by atoms with Crippen LogP contribution in [-0.2, 0) is 0 Å². The molecule has 0 saturated heterocycles. The number of anilines is 1. The zero-order valence-corrected chi connectivity index (χ0v) is 11.5. The Labute approximate surface area is 109 Å². The Morgan fingerprint density at radius 2 is 1.83 bits per heavy atom. The van der Waals surface area contributed by atoms with Gasteiger partial charge in [-0.3, -0.25) is 0 Å². The van der Waals surface area contributed by atoms with Gasteiger partial charge in [-0.1, -0.05) is 13.8 Å². The number of benzene rings is 1. The summed E-state index contributed by atoms with van der Waals surface area (Å²) >= 11 is 0. The van der Waals surface area contributed by atoms with Crippen molar-refractivity contribution in [1.29, 1.82) is 0 Å². The van der Waals surface area contributed by atoms with Gasteiger partial charge in [0.05, 0.1) is 0 Å². The molecule has 0 heterocycles. The first-order valence-electron chi connectivity index (χ1n) is 6.32. The molecule has 0 aliphatic carbocycles. The van der Waals surface area contributed by atoms with Crippen LogP contribution in [0.1, 0.15) is 13.8 Å². The summed E-state index contributed by atoms with van der Waals surface area (Å²) in [5, 5.41) is 9.86. The minimum absolute atomic E-state index is 0.298. The Balaban J connectivity index is 2.28. The van der Waals surface area contributed by atoms with Crippen LogP contribution < -0.4 is 10.5 Å². The molecule has 1 atom stereocenters. The maximum absolute atomic E-state index is 9.86. The molecule has 0 fully saturated rings. The average Bonchev–Trinajstić information content (AvgIpc) is 2.27. The van der Waals surface area contributed by atoms with E-state index in [1.165, 1.54) is 0 Å². The lowest BCUT2D eigenvalue weighted by molar-refractivity contribution is 0.0732. The molecule has 0 aliphatic heterocycles. The van der Waals surface area contributed by atoms with Gasteiger partial charge < -0.3 is 20.5 Å². The molecule has 3 N–H and O–H groups in total. The van der Waals surface area contributed by atoms with E-state index in [1.54, 1.807) is 24.3 Å². The third kappa shape index (κ3) is 5.89. The fourth-order valence-corrected chi connectivity index (χ4v) is 1.87. The van der Waals surface area contributed by atoms with Crippen LogP contribution in [0.3, 0.4) is 0 Å². The van der Waals surface area contributed by atoms with E-state index in [1.807, 2.05) is 7.05 Å². The SMILES string of the molecule is CC(C)CN(C)CC(O)COc1ccc(N)cc1. The lowest BCUT2D eigenvalue weighted by Crippen LogP contribution is -2.35. The van der Waals surface area contributed by atoms with E-state index in [9.17, 15) is 5.11 Å². The summed E-state index contributed by atoms with van der Waals surface area (Å²) in [5.74, 6) is 1.33. The van der Waals surface area contributed by atoms with Crippen LogP contribution in [0.5, 0.6) is 5.75 Å². The molecule has 0 aliphatic rings. The second kappa shape index (κ2) is 7.24. The summed E-state index contributed by atoms with van der Waals surface area (Å²) in [7, 11) is 2.01. The first-order chi connectivity index (χ1) is 8.47. The number of nitrogen functional groups attached to an aromatic ring is 1. The predicted octanol–water partition coefficient (Wildman–Crippen LogP) is 1.60. The lowest BCUT2D eigenvalue weighted by atomic mass is 10.2. The molecule has 4 heteroatoms. The van der Waals surface area contributed by atoms with E-state index in [4.69, 9.17) is 10.5 Å². The molecule has 1 rings (SSSR count). The van der Waals surface area contributed by atoms with Crippen molar-refractivity contribution >= 4 is 5.69 Å². The molecule has 0 aromatic heterocycles. The van der Waals surface area contributed by atoms with Gasteiger partial charge in [-0.15, -0.1) is 0 Å². The van der Waals surface area contributed by atoms with Crippen molar-refractivity contribution in [2.24, 2.45) is 5.92 Å². The number of nitrogens with two attached hydrogens (primary N) is 1. The molecule has 18 heavy (non-hydrogen) atoms. The monoisotopic (exact) mass is 252 g/mol. The Kier molecular flexibility index (Phi) is 5.95. The van der Waals surface area contributed by atoms with Gasteiger partial charge in [0, 0.05) is 18.8 Å². The highest BCUT2D eigenvalue weighted by Gasteiger charge is 2.10. The van der Waals surface area contributed by atoms with E-state index in [0.29, 0.717) is 24.8 Å².